The Morgan fingerprint density at radius 3 is 1.82 bits per heavy atom. The lowest BCUT2D eigenvalue weighted by molar-refractivity contribution is 0.0961. The smallest absolute Gasteiger partial charge is 0.236 e. The molecule has 1 aromatic carbocycles. The summed E-state index contributed by atoms with van der Waals surface area (Å²) in [7, 11) is 6.36. The van der Waals surface area contributed by atoms with Crippen LogP contribution in [0.4, 0.5) is 5.95 Å². The molecule has 0 amide bonds. The highest BCUT2D eigenvalue weighted by Crippen LogP contribution is 2.38. The Morgan fingerprint density at radius 1 is 0.879 bits per heavy atom. The highest BCUT2D eigenvalue weighted by Gasteiger charge is 2.26. The van der Waals surface area contributed by atoms with Gasteiger partial charge in [-0.3, -0.25) is 0 Å². The Labute approximate surface area is 202 Å². The normalized spacial score (nSPS) is 18.9. The van der Waals surface area contributed by atoms with Crippen molar-refractivity contribution in [2.24, 2.45) is 0 Å². The van der Waals surface area contributed by atoms with Gasteiger partial charge in [-0.2, -0.15) is 9.97 Å². The average molecular weight is 472 g/mol. The summed E-state index contributed by atoms with van der Waals surface area (Å²) < 4.78 is 13.0. The van der Waals surface area contributed by atoms with Gasteiger partial charge in [-0.15, -0.1) is 11.8 Å². The molecule has 4 rings (SSSR count). The third-order valence-electron chi connectivity index (χ3n) is 6.49. The van der Waals surface area contributed by atoms with Crippen LogP contribution in [0.5, 0.6) is 11.8 Å². The molecule has 2 aliphatic heterocycles. The van der Waals surface area contributed by atoms with E-state index in [1.54, 1.807) is 11.8 Å². The van der Waals surface area contributed by atoms with E-state index in [1.165, 1.54) is 5.56 Å². The number of nitrogens with zero attached hydrogens (tertiary/aromatic N) is 5. The van der Waals surface area contributed by atoms with Crippen molar-refractivity contribution < 1.29 is 9.47 Å². The van der Waals surface area contributed by atoms with Crippen molar-refractivity contribution in [2.75, 3.05) is 58.5 Å². The van der Waals surface area contributed by atoms with Gasteiger partial charge in [0.05, 0.1) is 0 Å². The first-order chi connectivity index (χ1) is 16.0. The molecule has 0 N–H and O–H groups in total. The lowest BCUT2D eigenvalue weighted by Gasteiger charge is -2.31. The van der Waals surface area contributed by atoms with Gasteiger partial charge < -0.3 is 24.2 Å². The number of likely N-dealkylation sites (tertiary alicyclic amines) is 2. The van der Waals surface area contributed by atoms with Gasteiger partial charge in [-0.25, -0.2) is 0 Å². The molecule has 0 radical (unpaired) electrons. The molecule has 0 bridgehead atoms. The van der Waals surface area contributed by atoms with Crippen molar-refractivity contribution in [1.82, 2.24) is 19.8 Å². The molecule has 0 aliphatic carbocycles. The van der Waals surface area contributed by atoms with E-state index in [4.69, 9.17) is 19.4 Å². The Kier molecular flexibility index (Phi) is 8.33. The summed E-state index contributed by atoms with van der Waals surface area (Å²) in [4.78, 5) is 17.5. The Hall–Kier alpha value is -2.03. The maximum atomic E-state index is 6.50. The Balaban J connectivity index is 1.60. The SMILES string of the molecule is CSc1c(OC2CCN(C)CC2)nc(N(C)Cc2ccccc2)nc1OC1CCN(C)CC1. The van der Waals surface area contributed by atoms with Gasteiger partial charge in [0, 0.05) is 39.8 Å². The third-order valence-corrected chi connectivity index (χ3v) is 7.24. The van der Waals surface area contributed by atoms with Crippen molar-refractivity contribution in [3.05, 3.63) is 35.9 Å². The van der Waals surface area contributed by atoms with Gasteiger partial charge in [0.1, 0.15) is 17.1 Å². The quantitative estimate of drug-likeness (QED) is 0.539. The molecule has 3 heterocycles. The lowest BCUT2D eigenvalue weighted by atomic mass is 10.1. The van der Waals surface area contributed by atoms with E-state index in [1.807, 2.05) is 13.1 Å². The first kappa shape index (κ1) is 24.1. The first-order valence-corrected chi connectivity index (χ1v) is 13.2. The molecule has 1 aromatic heterocycles. The standard InChI is InChI=1S/C25H37N5O2S/c1-28-14-10-20(11-15-28)31-23-22(33-4)24(32-21-12-16-29(2)17-13-21)27-25(26-23)30(3)18-19-8-6-5-7-9-19/h5-9,20-21H,10-18H2,1-4H3. The van der Waals surface area contributed by atoms with Crippen LogP contribution in [0.3, 0.4) is 0 Å². The summed E-state index contributed by atoms with van der Waals surface area (Å²) in [5.74, 6) is 1.96. The van der Waals surface area contributed by atoms with Crippen LogP contribution in [0.2, 0.25) is 0 Å². The second kappa shape index (κ2) is 11.4. The van der Waals surface area contributed by atoms with E-state index in [2.05, 4.69) is 59.3 Å². The molecular formula is C25H37N5O2S. The summed E-state index contributed by atoms with van der Waals surface area (Å²) in [6.45, 7) is 4.91. The van der Waals surface area contributed by atoms with Crippen LogP contribution in [-0.2, 0) is 6.54 Å². The number of thioether (sulfide) groups is 1. The van der Waals surface area contributed by atoms with Gasteiger partial charge in [0.15, 0.2) is 0 Å². The summed E-state index contributed by atoms with van der Waals surface area (Å²) in [5.41, 5.74) is 1.22. The van der Waals surface area contributed by atoms with Crippen LogP contribution in [0.15, 0.2) is 35.2 Å². The maximum absolute atomic E-state index is 6.50. The minimum absolute atomic E-state index is 0.172. The molecule has 180 valence electrons. The molecule has 0 saturated carbocycles. The number of ether oxygens (including phenoxy) is 2. The molecule has 2 aromatic rings. The van der Waals surface area contributed by atoms with Gasteiger partial charge >= 0.3 is 0 Å². The predicted molar refractivity (Wildman–Crippen MR) is 135 cm³/mol. The molecule has 0 spiro atoms. The van der Waals surface area contributed by atoms with E-state index in [-0.39, 0.29) is 12.2 Å². The molecule has 33 heavy (non-hydrogen) atoms. The summed E-state index contributed by atoms with van der Waals surface area (Å²) in [6, 6.07) is 10.4. The second-order valence-electron chi connectivity index (χ2n) is 9.25. The number of piperidine rings is 2. The first-order valence-electron chi connectivity index (χ1n) is 11.9. The van der Waals surface area contributed by atoms with Gasteiger partial charge in [-0.1, -0.05) is 30.3 Å². The Morgan fingerprint density at radius 2 is 1.36 bits per heavy atom. The predicted octanol–water partition coefficient (Wildman–Crippen LogP) is 3.78. The number of anilines is 1. The van der Waals surface area contributed by atoms with E-state index in [0.29, 0.717) is 17.7 Å². The number of benzene rings is 1. The molecule has 2 saturated heterocycles. The van der Waals surface area contributed by atoms with Crippen LogP contribution in [-0.4, -0.2) is 85.6 Å². The lowest BCUT2D eigenvalue weighted by Crippen LogP contribution is -2.36. The van der Waals surface area contributed by atoms with Crippen molar-refractivity contribution in [3.63, 3.8) is 0 Å². The molecule has 0 atom stereocenters. The highest BCUT2D eigenvalue weighted by molar-refractivity contribution is 7.98. The van der Waals surface area contributed by atoms with E-state index < -0.39 is 0 Å². The minimum Gasteiger partial charge on any atom is -0.473 e. The van der Waals surface area contributed by atoms with Gasteiger partial charge in [-0.05, 0) is 51.6 Å². The highest BCUT2D eigenvalue weighted by atomic mass is 32.2. The van der Waals surface area contributed by atoms with E-state index in [9.17, 15) is 0 Å². The van der Waals surface area contributed by atoms with Crippen LogP contribution in [0.25, 0.3) is 0 Å². The molecular weight excluding hydrogens is 434 g/mol. The topological polar surface area (TPSA) is 54.0 Å². The average Bonchev–Trinajstić information content (AvgIpc) is 2.82. The van der Waals surface area contributed by atoms with E-state index in [0.717, 1.165) is 63.3 Å². The van der Waals surface area contributed by atoms with Crippen LogP contribution in [0.1, 0.15) is 31.2 Å². The zero-order chi connectivity index (χ0) is 23.2. The fraction of sp³-hybridized carbons (Fsp3) is 0.600. The van der Waals surface area contributed by atoms with E-state index >= 15 is 0 Å². The monoisotopic (exact) mass is 471 g/mol. The third kappa shape index (κ3) is 6.52. The van der Waals surface area contributed by atoms with Crippen LogP contribution < -0.4 is 14.4 Å². The van der Waals surface area contributed by atoms with Crippen molar-refractivity contribution in [3.8, 4) is 11.8 Å². The fourth-order valence-corrected chi connectivity index (χ4v) is 4.89. The van der Waals surface area contributed by atoms with Crippen molar-refractivity contribution >= 4 is 17.7 Å². The van der Waals surface area contributed by atoms with Gasteiger partial charge in [0.25, 0.3) is 0 Å². The number of hydrogen-bond donors (Lipinski definition) is 0. The number of rotatable bonds is 8. The molecule has 8 heteroatoms. The van der Waals surface area contributed by atoms with Crippen LogP contribution in [0, 0.1) is 0 Å². The molecule has 0 unspecified atom stereocenters. The summed E-state index contributed by atoms with van der Waals surface area (Å²) in [6.07, 6.45) is 6.43. The minimum atomic E-state index is 0.172. The maximum Gasteiger partial charge on any atom is 0.236 e. The van der Waals surface area contributed by atoms with Gasteiger partial charge in [0.2, 0.25) is 17.7 Å². The zero-order valence-electron chi connectivity index (χ0n) is 20.4. The molecule has 2 aliphatic rings. The summed E-state index contributed by atoms with van der Waals surface area (Å²) in [5, 5.41) is 0. The Bertz CT molecular complexity index is 839. The van der Waals surface area contributed by atoms with Crippen LogP contribution >= 0.6 is 11.8 Å². The van der Waals surface area contributed by atoms with Crippen molar-refractivity contribution in [1.29, 1.82) is 0 Å². The number of aromatic nitrogens is 2. The zero-order valence-corrected chi connectivity index (χ0v) is 21.2. The number of hydrogen-bond acceptors (Lipinski definition) is 8. The molecule has 2 fully saturated rings. The second-order valence-corrected chi connectivity index (χ2v) is 10.1. The largest absolute Gasteiger partial charge is 0.473 e. The summed E-state index contributed by atoms with van der Waals surface area (Å²) >= 11 is 1.61. The fourth-order valence-electron chi connectivity index (χ4n) is 4.35. The van der Waals surface area contributed by atoms with Crippen molar-refractivity contribution in [2.45, 2.75) is 49.3 Å². The molecule has 7 nitrogen and oxygen atoms in total.